The van der Waals surface area contributed by atoms with Gasteiger partial charge < -0.3 is 0 Å². The molecule has 0 aromatic heterocycles. The second-order valence-electron chi connectivity index (χ2n) is 2.85. The van der Waals surface area contributed by atoms with Crippen LogP contribution in [0.1, 0.15) is 60.8 Å². The van der Waals surface area contributed by atoms with Crippen LogP contribution in [-0.4, -0.2) is 0 Å². The van der Waals surface area contributed by atoms with Gasteiger partial charge in [-0.3, -0.25) is 0 Å². The van der Waals surface area contributed by atoms with Crippen molar-refractivity contribution in [3.05, 3.63) is 0 Å². The molecular formula is C11H26. The molecule has 0 heterocycles. The molecule has 0 nitrogen and oxygen atoms in total. The van der Waals surface area contributed by atoms with E-state index in [4.69, 9.17) is 0 Å². The topological polar surface area (TPSA) is 0 Å². The summed E-state index contributed by atoms with van der Waals surface area (Å²) in [7, 11) is 0. The molecule has 0 saturated heterocycles. The second-order valence-corrected chi connectivity index (χ2v) is 2.85. The van der Waals surface area contributed by atoms with E-state index in [2.05, 4.69) is 13.8 Å². The van der Waals surface area contributed by atoms with E-state index >= 15 is 0 Å². The van der Waals surface area contributed by atoms with Gasteiger partial charge >= 0.3 is 0 Å². The van der Waals surface area contributed by atoms with Gasteiger partial charge in [-0.2, -0.15) is 0 Å². The van der Waals surface area contributed by atoms with Crippen molar-refractivity contribution in [2.75, 3.05) is 0 Å². The Morgan fingerprint density at radius 1 is 1.00 bits per heavy atom. The van der Waals surface area contributed by atoms with E-state index in [9.17, 15) is 0 Å². The maximum atomic E-state index is 2.34. The van der Waals surface area contributed by atoms with Gasteiger partial charge in [-0.05, 0) is 24.7 Å². The third-order valence-corrected chi connectivity index (χ3v) is 2.05. The predicted molar refractivity (Wildman–Crippen MR) is 54.9 cm³/mol. The highest BCUT2D eigenvalue weighted by Crippen LogP contribution is 2.34. The van der Waals surface area contributed by atoms with Gasteiger partial charge in [0.15, 0.2) is 0 Å². The smallest absolute Gasteiger partial charge is 0.0412 e. The molecule has 11 heavy (non-hydrogen) atoms. The monoisotopic (exact) mass is 158 g/mol. The first-order valence-corrected chi connectivity index (χ1v) is 5.33. The van der Waals surface area contributed by atoms with Crippen molar-refractivity contribution in [1.82, 2.24) is 0 Å². The Kier molecular flexibility index (Phi) is 12.3. The van der Waals surface area contributed by atoms with Gasteiger partial charge in [0.2, 0.25) is 0 Å². The van der Waals surface area contributed by atoms with Gasteiger partial charge in [0.25, 0.3) is 0 Å². The van der Waals surface area contributed by atoms with Gasteiger partial charge in [0.05, 0.1) is 0 Å². The lowest BCUT2D eigenvalue weighted by molar-refractivity contribution is 0.206. The lowest BCUT2D eigenvalue weighted by Gasteiger charge is -2.31. The third kappa shape index (κ3) is 6.40. The summed E-state index contributed by atoms with van der Waals surface area (Å²) in [6.45, 7) is 12.6. The summed E-state index contributed by atoms with van der Waals surface area (Å²) in [5, 5.41) is 0. The minimum absolute atomic E-state index is 1.05. The molecule has 0 unspecified atom stereocenters. The third-order valence-electron chi connectivity index (χ3n) is 2.05. The van der Waals surface area contributed by atoms with Gasteiger partial charge in [-0.1, -0.05) is 48.0 Å². The average molecular weight is 158 g/mol. The molecule has 1 aliphatic carbocycles. The van der Waals surface area contributed by atoms with Crippen molar-refractivity contribution in [3.8, 4) is 0 Å². The zero-order chi connectivity index (χ0) is 9.28. The van der Waals surface area contributed by atoms with E-state index in [0.717, 1.165) is 11.8 Å². The van der Waals surface area contributed by atoms with Crippen molar-refractivity contribution in [2.45, 2.75) is 60.8 Å². The quantitative estimate of drug-likeness (QED) is 0.527. The summed E-state index contributed by atoms with van der Waals surface area (Å²) in [6.07, 6.45) is 4.40. The molecule has 0 amide bonds. The maximum absolute atomic E-state index is 2.34. The minimum atomic E-state index is 1.05. The summed E-state index contributed by atoms with van der Waals surface area (Å²) < 4.78 is 0. The Balaban J connectivity index is 0. The summed E-state index contributed by atoms with van der Waals surface area (Å²) in [5.41, 5.74) is 0. The molecule has 0 N–H and O–H groups in total. The lowest BCUT2D eigenvalue weighted by atomic mass is 9.75. The van der Waals surface area contributed by atoms with E-state index in [1.165, 1.54) is 19.3 Å². The maximum Gasteiger partial charge on any atom is -0.0412 e. The highest BCUT2D eigenvalue weighted by Gasteiger charge is 2.22. The highest BCUT2D eigenvalue weighted by molar-refractivity contribution is 4.74. The van der Waals surface area contributed by atoms with Crippen LogP contribution in [0.15, 0.2) is 0 Å². The van der Waals surface area contributed by atoms with Gasteiger partial charge in [-0.15, -0.1) is 0 Å². The molecule has 1 saturated carbocycles. The van der Waals surface area contributed by atoms with Gasteiger partial charge in [-0.25, -0.2) is 0 Å². The predicted octanol–water partition coefficient (Wildman–Crippen LogP) is 4.49. The Morgan fingerprint density at radius 2 is 1.36 bits per heavy atom. The molecular weight excluding hydrogens is 132 g/mol. The minimum Gasteiger partial charge on any atom is -0.0683 e. The van der Waals surface area contributed by atoms with Gasteiger partial charge in [0, 0.05) is 0 Å². The van der Waals surface area contributed by atoms with Crippen molar-refractivity contribution in [3.63, 3.8) is 0 Å². The van der Waals surface area contributed by atoms with Crippen LogP contribution in [0.2, 0.25) is 0 Å². The first-order valence-electron chi connectivity index (χ1n) is 5.33. The fraction of sp³-hybridized carbons (Fsp3) is 1.00. The zero-order valence-electron chi connectivity index (χ0n) is 9.28. The van der Waals surface area contributed by atoms with Crippen LogP contribution in [0.25, 0.3) is 0 Å². The fourth-order valence-corrected chi connectivity index (χ4v) is 1.40. The largest absolute Gasteiger partial charge is 0.0683 e. The van der Waals surface area contributed by atoms with Crippen LogP contribution in [0.5, 0.6) is 0 Å². The van der Waals surface area contributed by atoms with Crippen LogP contribution in [0, 0.1) is 11.8 Å². The second kappa shape index (κ2) is 10.0. The lowest BCUT2D eigenvalue weighted by Crippen LogP contribution is -2.19. The Morgan fingerprint density at radius 3 is 1.45 bits per heavy atom. The van der Waals surface area contributed by atoms with Crippen LogP contribution in [0.4, 0.5) is 0 Å². The first kappa shape index (κ1) is 13.6. The molecule has 0 spiro atoms. The molecule has 0 aliphatic heterocycles. The molecule has 70 valence electrons. The van der Waals surface area contributed by atoms with Crippen LogP contribution in [-0.2, 0) is 0 Å². The summed E-state index contributed by atoms with van der Waals surface area (Å²) >= 11 is 0. The number of hydrogen-bond acceptors (Lipinski definition) is 0. The molecule has 1 fully saturated rings. The Labute approximate surface area is 73.4 Å². The van der Waals surface area contributed by atoms with E-state index in [1.54, 1.807) is 0 Å². The number of hydrogen-bond donors (Lipinski definition) is 0. The van der Waals surface area contributed by atoms with Crippen LogP contribution >= 0.6 is 0 Å². The average Bonchev–Trinajstić information content (AvgIpc) is 2.06. The summed E-state index contributed by atoms with van der Waals surface area (Å²) in [4.78, 5) is 0. The standard InChI is InChI=1S/C7H14.2C2H6/c1-3-7-4-6(2)5-7;2*1-2/h6-7H,3-5H2,1-2H3;2*1-2H3. The van der Waals surface area contributed by atoms with Crippen molar-refractivity contribution < 1.29 is 0 Å². The van der Waals surface area contributed by atoms with Crippen molar-refractivity contribution >= 4 is 0 Å². The molecule has 0 radical (unpaired) electrons. The molecule has 0 bridgehead atoms. The first-order chi connectivity index (χ1) is 5.33. The molecule has 0 aromatic carbocycles. The van der Waals surface area contributed by atoms with E-state index in [-0.39, 0.29) is 0 Å². The Hall–Kier alpha value is 0. The van der Waals surface area contributed by atoms with E-state index < -0.39 is 0 Å². The Bertz CT molecular complexity index is 51.1. The molecule has 1 aliphatic rings. The molecule has 0 aromatic rings. The van der Waals surface area contributed by atoms with Crippen LogP contribution in [0.3, 0.4) is 0 Å². The van der Waals surface area contributed by atoms with Crippen molar-refractivity contribution in [2.24, 2.45) is 11.8 Å². The SMILES string of the molecule is CC.CC.CCC1CC(C)C1. The van der Waals surface area contributed by atoms with Crippen LogP contribution < -0.4 is 0 Å². The summed E-state index contributed by atoms with van der Waals surface area (Å²) in [5.74, 6) is 2.14. The number of rotatable bonds is 1. The van der Waals surface area contributed by atoms with Crippen molar-refractivity contribution in [1.29, 1.82) is 0 Å². The summed E-state index contributed by atoms with van der Waals surface area (Å²) in [6, 6.07) is 0. The zero-order valence-corrected chi connectivity index (χ0v) is 9.28. The van der Waals surface area contributed by atoms with E-state index in [1.807, 2.05) is 27.7 Å². The molecule has 1 rings (SSSR count). The normalized spacial score (nSPS) is 26.7. The molecule has 0 heteroatoms. The fourth-order valence-electron chi connectivity index (χ4n) is 1.40. The van der Waals surface area contributed by atoms with E-state index in [0.29, 0.717) is 0 Å². The molecule has 0 atom stereocenters. The highest BCUT2D eigenvalue weighted by atomic mass is 14.3. The van der Waals surface area contributed by atoms with Gasteiger partial charge in [0.1, 0.15) is 0 Å².